The molecule has 2 heterocycles. The summed E-state index contributed by atoms with van der Waals surface area (Å²) in [5, 5.41) is 9.40. The molecular formula is C24H37N5O2S. The first-order valence-electron chi connectivity index (χ1n) is 11.7. The fourth-order valence-corrected chi connectivity index (χ4v) is 4.74. The highest BCUT2D eigenvalue weighted by molar-refractivity contribution is 8.00. The van der Waals surface area contributed by atoms with E-state index in [4.69, 9.17) is 4.74 Å². The molecular weight excluding hydrogens is 422 g/mol. The second kappa shape index (κ2) is 11.7. The number of amides is 1. The molecule has 1 aromatic carbocycles. The van der Waals surface area contributed by atoms with Crippen LogP contribution in [0.25, 0.3) is 0 Å². The first kappa shape index (κ1) is 24.6. The number of carbonyl (C=O) groups excluding carboxylic acids is 1. The number of thioether (sulfide) groups is 1. The molecule has 1 amide bonds. The molecule has 1 saturated heterocycles. The van der Waals surface area contributed by atoms with Gasteiger partial charge in [0.1, 0.15) is 12.4 Å². The standard InChI is InChI=1S/C24H37N5O2S/c1-6-20-8-10-21(11-9-20)31-17-22-25-26-24(29(22)16-18(3)4)32-19(5)23(30)28-14-12-27(7-2)13-15-28/h8-11,18-19H,6-7,12-17H2,1-5H3. The van der Waals surface area contributed by atoms with Gasteiger partial charge in [0, 0.05) is 32.7 Å². The Balaban J connectivity index is 1.65. The Bertz CT molecular complexity index is 860. The lowest BCUT2D eigenvalue weighted by Crippen LogP contribution is -2.50. The normalized spacial score (nSPS) is 15.9. The molecule has 2 aromatic rings. The third-order valence-corrected chi connectivity index (χ3v) is 6.87. The molecule has 1 aliphatic heterocycles. The van der Waals surface area contributed by atoms with Crippen LogP contribution in [0.2, 0.25) is 0 Å². The van der Waals surface area contributed by atoms with E-state index in [9.17, 15) is 4.79 Å². The van der Waals surface area contributed by atoms with Crippen molar-refractivity contribution in [1.82, 2.24) is 24.6 Å². The van der Waals surface area contributed by atoms with Crippen LogP contribution in [0.4, 0.5) is 0 Å². The van der Waals surface area contributed by atoms with Gasteiger partial charge in [-0.3, -0.25) is 4.79 Å². The van der Waals surface area contributed by atoms with Crippen LogP contribution in [-0.4, -0.2) is 68.4 Å². The molecule has 1 aromatic heterocycles. The third-order valence-electron chi connectivity index (χ3n) is 5.80. The maximum atomic E-state index is 13.0. The summed E-state index contributed by atoms with van der Waals surface area (Å²) in [5.41, 5.74) is 1.29. The van der Waals surface area contributed by atoms with Crippen molar-refractivity contribution < 1.29 is 9.53 Å². The Morgan fingerprint density at radius 3 is 2.34 bits per heavy atom. The fraction of sp³-hybridized carbons (Fsp3) is 0.625. The molecule has 1 unspecified atom stereocenters. The minimum absolute atomic E-state index is 0.179. The monoisotopic (exact) mass is 459 g/mol. The summed E-state index contributed by atoms with van der Waals surface area (Å²) < 4.78 is 8.09. The van der Waals surface area contributed by atoms with Crippen LogP contribution in [0.3, 0.4) is 0 Å². The zero-order valence-electron chi connectivity index (χ0n) is 20.1. The fourth-order valence-electron chi connectivity index (χ4n) is 3.78. The lowest BCUT2D eigenvalue weighted by molar-refractivity contribution is -0.132. The number of benzene rings is 1. The van der Waals surface area contributed by atoms with E-state index in [2.05, 4.69) is 59.5 Å². The van der Waals surface area contributed by atoms with Crippen molar-refractivity contribution in [2.75, 3.05) is 32.7 Å². The van der Waals surface area contributed by atoms with Gasteiger partial charge in [-0.05, 0) is 43.5 Å². The highest BCUT2D eigenvalue weighted by Gasteiger charge is 2.27. The van der Waals surface area contributed by atoms with E-state index in [1.165, 1.54) is 17.3 Å². The first-order chi connectivity index (χ1) is 15.4. The first-order valence-corrected chi connectivity index (χ1v) is 12.6. The van der Waals surface area contributed by atoms with Gasteiger partial charge in [-0.25, -0.2) is 0 Å². The maximum absolute atomic E-state index is 13.0. The van der Waals surface area contributed by atoms with Crippen molar-refractivity contribution in [2.24, 2.45) is 5.92 Å². The molecule has 8 heteroatoms. The number of piperazine rings is 1. The van der Waals surface area contributed by atoms with Gasteiger partial charge in [-0.1, -0.05) is 51.6 Å². The van der Waals surface area contributed by atoms with E-state index >= 15 is 0 Å². The van der Waals surface area contributed by atoms with Crippen LogP contribution in [0.15, 0.2) is 29.4 Å². The van der Waals surface area contributed by atoms with Gasteiger partial charge in [0.2, 0.25) is 5.91 Å². The Morgan fingerprint density at radius 2 is 1.75 bits per heavy atom. The summed E-state index contributed by atoms with van der Waals surface area (Å²) in [5.74, 6) is 2.22. The van der Waals surface area contributed by atoms with Crippen LogP contribution in [0, 0.1) is 5.92 Å². The Kier molecular flexibility index (Phi) is 8.99. The van der Waals surface area contributed by atoms with Crippen LogP contribution >= 0.6 is 11.8 Å². The number of hydrogen-bond acceptors (Lipinski definition) is 6. The quantitative estimate of drug-likeness (QED) is 0.505. The number of aryl methyl sites for hydroxylation is 1. The highest BCUT2D eigenvalue weighted by atomic mass is 32.2. The molecule has 0 radical (unpaired) electrons. The van der Waals surface area contributed by atoms with Crippen molar-refractivity contribution in [3.05, 3.63) is 35.7 Å². The molecule has 3 rings (SSSR count). The van der Waals surface area contributed by atoms with Crippen molar-refractivity contribution in [3.8, 4) is 5.75 Å². The van der Waals surface area contributed by atoms with E-state index in [0.717, 1.165) is 62.4 Å². The molecule has 7 nitrogen and oxygen atoms in total. The van der Waals surface area contributed by atoms with E-state index in [1.807, 2.05) is 24.0 Å². The Labute approximate surface area is 196 Å². The third kappa shape index (κ3) is 6.48. The number of rotatable bonds is 10. The highest BCUT2D eigenvalue weighted by Crippen LogP contribution is 2.26. The van der Waals surface area contributed by atoms with Crippen LogP contribution in [0.1, 0.15) is 46.0 Å². The molecule has 0 spiro atoms. The van der Waals surface area contributed by atoms with Gasteiger partial charge in [-0.2, -0.15) is 0 Å². The Morgan fingerprint density at radius 1 is 1.06 bits per heavy atom. The number of ether oxygens (including phenoxy) is 1. The Hall–Kier alpha value is -2.06. The zero-order chi connectivity index (χ0) is 23.1. The summed E-state index contributed by atoms with van der Waals surface area (Å²) in [7, 11) is 0. The predicted octanol–water partition coefficient (Wildman–Crippen LogP) is 3.72. The minimum atomic E-state index is -0.200. The second-order valence-corrected chi connectivity index (χ2v) is 10.0. The van der Waals surface area contributed by atoms with Gasteiger partial charge < -0.3 is 19.1 Å². The number of nitrogens with zero attached hydrogens (tertiary/aromatic N) is 5. The van der Waals surface area contributed by atoms with Crippen LogP contribution in [0.5, 0.6) is 5.75 Å². The maximum Gasteiger partial charge on any atom is 0.235 e. The number of carbonyl (C=O) groups is 1. The number of hydrogen-bond donors (Lipinski definition) is 0. The molecule has 32 heavy (non-hydrogen) atoms. The van der Waals surface area contributed by atoms with E-state index in [0.29, 0.717) is 12.5 Å². The molecule has 176 valence electrons. The number of aromatic nitrogens is 3. The summed E-state index contributed by atoms with van der Waals surface area (Å²) >= 11 is 1.50. The predicted molar refractivity (Wildman–Crippen MR) is 129 cm³/mol. The summed E-state index contributed by atoms with van der Waals surface area (Å²) in [4.78, 5) is 17.4. The van der Waals surface area contributed by atoms with Crippen molar-refractivity contribution in [1.29, 1.82) is 0 Å². The van der Waals surface area contributed by atoms with E-state index in [1.54, 1.807) is 0 Å². The molecule has 0 N–H and O–H groups in total. The van der Waals surface area contributed by atoms with Crippen molar-refractivity contribution in [2.45, 2.75) is 64.6 Å². The van der Waals surface area contributed by atoms with Crippen LogP contribution in [-0.2, 0) is 24.4 Å². The summed E-state index contributed by atoms with van der Waals surface area (Å²) in [6, 6.07) is 8.17. The number of likely N-dealkylation sites (N-methyl/N-ethyl adjacent to an activating group) is 1. The molecule has 0 bridgehead atoms. The van der Waals surface area contributed by atoms with Gasteiger partial charge in [0.15, 0.2) is 11.0 Å². The van der Waals surface area contributed by atoms with Gasteiger partial charge in [0.05, 0.1) is 5.25 Å². The lowest BCUT2D eigenvalue weighted by Gasteiger charge is -2.35. The van der Waals surface area contributed by atoms with Crippen molar-refractivity contribution in [3.63, 3.8) is 0 Å². The lowest BCUT2D eigenvalue weighted by atomic mass is 10.2. The van der Waals surface area contributed by atoms with E-state index in [-0.39, 0.29) is 11.2 Å². The van der Waals surface area contributed by atoms with E-state index < -0.39 is 0 Å². The average Bonchev–Trinajstić information content (AvgIpc) is 3.17. The van der Waals surface area contributed by atoms with Gasteiger partial charge in [-0.15, -0.1) is 10.2 Å². The molecule has 1 atom stereocenters. The molecule has 0 aliphatic carbocycles. The SMILES string of the molecule is CCc1ccc(OCc2nnc(SC(C)C(=O)N3CCN(CC)CC3)n2CC(C)C)cc1. The minimum Gasteiger partial charge on any atom is -0.486 e. The second-order valence-electron chi connectivity index (χ2n) is 8.71. The largest absolute Gasteiger partial charge is 0.486 e. The van der Waals surface area contributed by atoms with Crippen molar-refractivity contribution >= 4 is 17.7 Å². The smallest absolute Gasteiger partial charge is 0.235 e. The average molecular weight is 460 g/mol. The summed E-state index contributed by atoms with van der Waals surface area (Å²) in [6.07, 6.45) is 1.01. The van der Waals surface area contributed by atoms with Gasteiger partial charge in [0.25, 0.3) is 0 Å². The topological polar surface area (TPSA) is 63.5 Å². The van der Waals surface area contributed by atoms with Crippen LogP contribution < -0.4 is 4.74 Å². The molecule has 1 fully saturated rings. The molecule has 0 saturated carbocycles. The van der Waals surface area contributed by atoms with Gasteiger partial charge >= 0.3 is 0 Å². The zero-order valence-corrected chi connectivity index (χ0v) is 20.9. The molecule has 1 aliphatic rings. The summed E-state index contributed by atoms with van der Waals surface area (Å²) in [6.45, 7) is 16.3.